The number of carbonyl (C=O) groups excluding carboxylic acids is 4. The van der Waals surface area contributed by atoms with Crippen LogP contribution < -0.4 is 21.3 Å². The maximum atomic E-state index is 14.1. The van der Waals surface area contributed by atoms with E-state index in [1.165, 1.54) is 37.2 Å². The summed E-state index contributed by atoms with van der Waals surface area (Å²) in [6, 6.07) is 2.76. The number of ketones is 2. The third-order valence-electron chi connectivity index (χ3n) is 8.83. The van der Waals surface area contributed by atoms with Gasteiger partial charge in [0.05, 0.1) is 22.2 Å². The fraction of sp³-hybridized carbons (Fsp3) is 0.333. The van der Waals surface area contributed by atoms with Gasteiger partial charge in [-0.25, -0.2) is 4.79 Å². The highest BCUT2D eigenvalue weighted by molar-refractivity contribution is 6.31. The first-order valence-corrected chi connectivity index (χ1v) is 14.5. The van der Waals surface area contributed by atoms with E-state index in [2.05, 4.69) is 10.6 Å². The van der Waals surface area contributed by atoms with Crippen LogP contribution in [0.3, 0.4) is 0 Å². The molecule has 16 nitrogen and oxygen atoms in total. The molecule has 2 aromatic carbocycles. The van der Waals surface area contributed by atoms with E-state index in [0.29, 0.717) is 11.3 Å². The smallest absolute Gasteiger partial charge is 0.323 e. The van der Waals surface area contributed by atoms with Crippen LogP contribution in [0.2, 0.25) is 5.02 Å². The lowest BCUT2D eigenvalue weighted by molar-refractivity contribution is -0.383. The van der Waals surface area contributed by atoms with E-state index in [0.717, 1.165) is 6.07 Å². The molecule has 0 radical (unpaired) electrons. The number of nitro groups is 1. The van der Waals surface area contributed by atoms with Gasteiger partial charge in [0.25, 0.3) is 11.6 Å². The topological polar surface area (TPSA) is 249 Å². The average molecular weight is 671 g/mol. The second-order valence-corrected chi connectivity index (χ2v) is 12.4. The van der Waals surface area contributed by atoms with Crippen LogP contribution in [0.15, 0.2) is 41.2 Å². The van der Waals surface area contributed by atoms with E-state index in [4.69, 9.17) is 17.3 Å². The van der Waals surface area contributed by atoms with Crippen molar-refractivity contribution in [1.29, 1.82) is 0 Å². The minimum Gasteiger partial charge on any atom is -0.508 e. The summed E-state index contributed by atoms with van der Waals surface area (Å²) in [5.41, 5.74) is 0.851. The summed E-state index contributed by atoms with van der Waals surface area (Å²) in [4.78, 5) is 66.3. The fourth-order valence-electron chi connectivity index (χ4n) is 6.82. The molecule has 1 saturated carbocycles. The van der Waals surface area contributed by atoms with Crippen molar-refractivity contribution in [3.05, 3.63) is 67.4 Å². The Kier molecular flexibility index (Phi) is 8.16. The summed E-state index contributed by atoms with van der Waals surface area (Å²) in [7, 11) is 6.33. The van der Waals surface area contributed by atoms with Crippen molar-refractivity contribution in [2.75, 3.05) is 43.7 Å². The van der Waals surface area contributed by atoms with Crippen molar-refractivity contribution < 1.29 is 44.5 Å². The number of phenolic OH excluding ortho intramolecular Hbond substituents is 1. The molecular formula is C30H31ClN6O10. The third kappa shape index (κ3) is 5.10. The number of aromatic hydroxyl groups is 1. The summed E-state index contributed by atoms with van der Waals surface area (Å²) in [6.07, 6.45) is -0.0687. The van der Waals surface area contributed by atoms with Crippen LogP contribution in [0.4, 0.5) is 27.5 Å². The van der Waals surface area contributed by atoms with Crippen molar-refractivity contribution in [3.8, 4) is 5.75 Å². The maximum Gasteiger partial charge on any atom is 0.323 e. The van der Waals surface area contributed by atoms with Crippen molar-refractivity contribution >= 4 is 63.6 Å². The summed E-state index contributed by atoms with van der Waals surface area (Å²) >= 11 is 5.85. The largest absolute Gasteiger partial charge is 0.508 e. The number of rotatable bonds is 6. The van der Waals surface area contributed by atoms with Crippen LogP contribution in [0, 0.1) is 22.0 Å². The highest BCUT2D eigenvalue weighted by atomic mass is 35.5. The Morgan fingerprint density at radius 3 is 2.30 bits per heavy atom. The minimum absolute atomic E-state index is 0.0268. The molecule has 0 aliphatic heterocycles. The van der Waals surface area contributed by atoms with Gasteiger partial charge in [-0.3, -0.25) is 29.4 Å². The van der Waals surface area contributed by atoms with Crippen molar-refractivity contribution in [2.24, 2.45) is 17.6 Å². The summed E-state index contributed by atoms with van der Waals surface area (Å²) in [5, 5.41) is 62.1. The number of hydrogen-bond donors (Lipinski definition) is 7. The normalized spacial score (nSPS) is 23.6. The minimum atomic E-state index is -2.81. The first-order chi connectivity index (χ1) is 21.9. The van der Waals surface area contributed by atoms with Crippen LogP contribution >= 0.6 is 11.6 Å². The highest BCUT2D eigenvalue weighted by Crippen LogP contribution is 2.54. The second-order valence-electron chi connectivity index (χ2n) is 12.0. The summed E-state index contributed by atoms with van der Waals surface area (Å²) in [5.74, 6) is -8.06. The fourth-order valence-corrected chi connectivity index (χ4v) is 6.99. The molecule has 5 rings (SSSR count). The van der Waals surface area contributed by atoms with E-state index in [9.17, 15) is 49.7 Å². The Morgan fingerprint density at radius 1 is 1.09 bits per heavy atom. The highest BCUT2D eigenvalue weighted by Gasteiger charge is 2.64. The molecular weight excluding hydrogens is 640 g/mol. The Labute approximate surface area is 271 Å². The third-order valence-corrected chi connectivity index (χ3v) is 9.07. The lowest BCUT2D eigenvalue weighted by Crippen LogP contribution is -2.65. The number of anilines is 3. The van der Waals surface area contributed by atoms with Gasteiger partial charge < -0.3 is 41.7 Å². The molecule has 3 aliphatic rings. The van der Waals surface area contributed by atoms with Gasteiger partial charge in [0.2, 0.25) is 5.78 Å². The molecule has 248 valence electrons. The molecule has 0 unspecified atom stereocenters. The van der Waals surface area contributed by atoms with Crippen LogP contribution in [0.1, 0.15) is 17.5 Å². The molecule has 0 bridgehead atoms. The number of nitrogens with one attached hydrogen (secondary N) is 2. The van der Waals surface area contributed by atoms with Crippen LogP contribution in [0.25, 0.3) is 5.76 Å². The quantitative estimate of drug-likeness (QED) is 0.101. The Hall–Kier alpha value is -5.19. The first kappa shape index (κ1) is 33.2. The average Bonchev–Trinajstić information content (AvgIpc) is 2.96. The molecule has 2 aromatic rings. The van der Waals surface area contributed by atoms with E-state index in [1.54, 1.807) is 19.0 Å². The van der Waals surface area contributed by atoms with E-state index < -0.39 is 80.4 Å². The number of fused-ring (bicyclic) bond motifs is 3. The summed E-state index contributed by atoms with van der Waals surface area (Å²) < 4.78 is 0. The van der Waals surface area contributed by atoms with Crippen molar-refractivity contribution in [3.63, 3.8) is 0 Å². The number of nitro benzene ring substituents is 1. The molecule has 0 saturated heterocycles. The number of Topliss-reactive ketones (excluding diaryl/α,β-unsaturated/α-hetero) is 2. The molecule has 17 heteroatoms. The number of carbonyl (C=O) groups is 4. The molecule has 1 fully saturated rings. The zero-order valence-electron chi connectivity index (χ0n) is 25.5. The lowest BCUT2D eigenvalue weighted by atomic mass is 9.57. The molecule has 3 aliphatic carbocycles. The molecule has 0 aromatic heterocycles. The van der Waals surface area contributed by atoms with Gasteiger partial charge in [0.15, 0.2) is 17.1 Å². The Morgan fingerprint density at radius 2 is 1.72 bits per heavy atom. The van der Waals surface area contributed by atoms with Gasteiger partial charge in [-0.15, -0.1) is 0 Å². The van der Waals surface area contributed by atoms with Crippen molar-refractivity contribution in [2.45, 2.75) is 24.5 Å². The number of phenols is 1. The number of amides is 3. The van der Waals surface area contributed by atoms with Crippen LogP contribution in [0.5, 0.6) is 5.75 Å². The Balaban J connectivity index is 1.62. The second kappa shape index (κ2) is 11.6. The molecule has 8 N–H and O–H groups in total. The van der Waals surface area contributed by atoms with Gasteiger partial charge in [-0.1, -0.05) is 11.6 Å². The number of urea groups is 1. The Bertz CT molecular complexity index is 1850. The lowest BCUT2D eigenvalue weighted by Gasteiger charge is -2.50. The number of halogens is 1. The number of likely N-dealkylation sites (N-methyl/N-ethyl adjacent to an activating group) is 1. The molecule has 0 heterocycles. The number of hydrogen-bond acceptors (Lipinski definition) is 12. The molecule has 0 spiro atoms. The maximum absolute atomic E-state index is 14.1. The van der Waals surface area contributed by atoms with E-state index >= 15 is 0 Å². The number of aliphatic hydroxyl groups is 3. The van der Waals surface area contributed by atoms with Gasteiger partial charge in [-0.05, 0) is 56.6 Å². The number of primary amides is 1. The van der Waals surface area contributed by atoms with Crippen LogP contribution in [-0.2, 0) is 20.8 Å². The van der Waals surface area contributed by atoms with E-state index in [1.807, 2.05) is 0 Å². The predicted molar refractivity (Wildman–Crippen MR) is 169 cm³/mol. The molecule has 4 atom stereocenters. The first-order valence-electron chi connectivity index (χ1n) is 14.1. The monoisotopic (exact) mass is 670 g/mol. The van der Waals surface area contributed by atoms with Gasteiger partial charge in [0.1, 0.15) is 22.8 Å². The number of benzene rings is 2. The molecule has 47 heavy (non-hydrogen) atoms. The number of nitrogens with zero attached hydrogens (tertiary/aromatic N) is 3. The SMILES string of the molecule is CN(C)c1cc(NC(=O)Nc2ccc(Cl)cc2[N+](=O)[O-])c(O)c2c1C[C@@H]1C[C@@H]3[C@H](N(C)C)C(=O)C(C(N)=O)=C(O)[C@]3(O)C(=O)C1=C2O. The zero-order valence-corrected chi connectivity index (χ0v) is 26.2. The predicted octanol–water partition coefficient (Wildman–Crippen LogP) is 2.24. The van der Waals surface area contributed by atoms with Crippen molar-refractivity contribution in [1.82, 2.24) is 4.90 Å². The van der Waals surface area contributed by atoms with Gasteiger partial charge >= 0.3 is 6.03 Å². The summed E-state index contributed by atoms with van der Waals surface area (Å²) in [6.45, 7) is 0. The van der Waals surface area contributed by atoms with Crippen LogP contribution in [-0.4, -0.2) is 93.6 Å². The number of nitrogens with two attached hydrogens (primary N) is 1. The van der Waals surface area contributed by atoms with Gasteiger partial charge in [0, 0.05) is 42.4 Å². The number of aliphatic hydroxyl groups excluding tert-OH is 2. The van der Waals surface area contributed by atoms with E-state index in [-0.39, 0.29) is 40.4 Å². The van der Waals surface area contributed by atoms with Gasteiger partial charge in [-0.2, -0.15) is 0 Å². The standard InChI is InChI=1S/C30H31ClN6O10/c1-35(2)17-10-16(34-29(44)33-15-6-5-12(31)9-18(15)37(46)47)23(38)20-13(17)7-11-8-14-22(36(3)4)25(40)21(28(32)43)27(42)30(14,45)26(41)19(11)24(20)39/h5-6,9-11,14,22,38-39,42,45H,7-8H2,1-4H3,(H2,32,43)(H2,33,34,44)/t11-,14-,22+,30-/m1/s1. The molecule has 3 amide bonds. The zero-order chi connectivity index (χ0) is 34.9.